The largest absolute Gasteiger partial charge is 0.467 e. The van der Waals surface area contributed by atoms with Crippen molar-refractivity contribution in [3.63, 3.8) is 0 Å². The van der Waals surface area contributed by atoms with E-state index >= 15 is 0 Å². The summed E-state index contributed by atoms with van der Waals surface area (Å²) in [6, 6.07) is 0. The second kappa shape index (κ2) is 5.32. The molecular weight excluding hydrogens is 240 g/mol. The van der Waals surface area contributed by atoms with Crippen molar-refractivity contribution in [2.24, 2.45) is 5.92 Å². The first-order valence-electron chi connectivity index (χ1n) is 5.49. The standard InChI is InChI=1S/C12H14O6/c1-15-10(13)8-9(11(14)16-2)18-12(17-8)7-5-3-4-6-7/h3-9,12H,1-2H3/t8-,9-/m1/s1. The summed E-state index contributed by atoms with van der Waals surface area (Å²) in [5.41, 5.74) is 0. The van der Waals surface area contributed by atoms with Gasteiger partial charge in [-0.25, -0.2) is 9.59 Å². The summed E-state index contributed by atoms with van der Waals surface area (Å²) in [6.07, 6.45) is 4.54. The van der Waals surface area contributed by atoms with Crippen LogP contribution in [0.1, 0.15) is 0 Å². The van der Waals surface area contributed by atoms with Gasteiger partial charge in [-0.3, -0.25) is 0 Å². The summed E-state index contributed by atoms with van der Waals surface area (Å²) >= 11 is 0. The van der Waals surface area contributed by atoms with Gasteiger partial charge in [-0.1, -0.05) is 24.3 Å². The van der Waals surface area contributed by atoms with Gasteiger partial charge in [-0.05, 0) is 0 Å². The third-order valence-electron chi connectivity index (χ3n) is 2.80. The maximum Gasteiger partial charge on any atom is 0.338 e. The maximum absolute atomic E-state index is 11.5. The predicted molar refractivity (Wildman–Crippen MR) is 59.3 cm³/mol. The lowest BCUT2D eigenvalue weighted by atomic mass is 10.2. The van der Waals surface area contributed by atoms with Crippen molar-refractivity contribution in [1.82, 2.24) is 0 Å². The second-order valence-corrected chi connectivity index (χ2v) is 3.88. The average Bonchev–Trinajstić information content (AvgIpc) is 3.04. The molecule has 98 valence electrons. The molecule has 0 saturated carbocycles. The topological polar surface area (TPSA) is 71.1 Å². The number of methoxy groups -OCH3 is 2. The van der Waals surface area contributed by atoms with Crippen LogP contribution in [0.2, 0.25) is 0 Å². The molecule has 1 aliphatic heterocycles. The molecule has 18 heavy (non-hydrogen) atoms. The van der Waals surface area contributed by atoms with Crippen molar-refractivity contribution in [1.29, 1.82) is 0 Å². The molecule has 0 aromatic heterocycles. The van der Waals surface area contributed by atoms with Crippen molar-refractivity contribution in [3.8, 4) is 0 Å². The number of rotatable bonds is 3. The van der Waals surface area contributed by atoms with Gasteiger partial charge in [0, 0.05) is 5.92 Å². The molecule has 0 radical (unpaired) electrons. The lowest BCUT2D eigenvalue weighted by molar-refractivity contribution is -0.160. The normalized spacial score (nSPS) is 27.7. The molecule has 1 heterocycles. The highest BCUT2D eigenvalue weighted by Crippen LogP contribution is 2.29. The van der Waals surface area contributed by atoms with Crippen molar-refractivity contribution in [2.45, 2.75) is 18.5 Å². The fraction of sp³-hybridized carbons (Fsp3) is 0.500. The zero-order valence-electron chi connectivity index (χ0n) is 10.1. The van der Waals surface area contributed by atoms with Gasteiger partial charge in [-0.15, -0.1) is 0 Å². The third-order valence-corrected chi connectivity index (χ3v) is 2.80. The third kappa shape index (κ3) is 2.30. The molecule has 1 aliphatic carbocycles. The number of carbonyl (C=O) groups excluding carboxylic acids is 2. The van der Waals surface area contributed by atoms with Crippen LogP contribution >= 0.6 is 0 Å². The Morgan fingerprint density at radius 1 is 0.944 bits per heavy atom. The smallest absolute Gasteiger partial charge is 0.338 e. The van der Waals surface area contributed by atoms with E-state index in [4.69, 9.17) is 9.47 Å². The number of esters is 2. The van der Waals surface area contributed by atoms with E-state index in [1.807, 2.05) is 24.3 Å². The Bertz CT molecular complexity index is 363. The van der Waals surface area contributed by atoms with Crippen LogP contribution in [-0.2, 0) is 28.5 Å². The van der Waals surface area contributed by atoms with Crippen molar-refractivity contribution >= 4 is 11.9 Å². The van der Waals surface area contributed by atoms with E-state index in [0.717, 1.165) is 0 Å². The van der Waals surface area contributed by atoms with Crippen LogP contribution < -0.4 is 0 Å². The highest BCUT2D eigenvalue weighted by Gasteiger charge is 2.48. The van der Waals surface area contributed by atoms with Gasteiger partial charge >= 0.3 is 11.9 Å². The Hall–Kier alpha value is -1.66. The van der Waals surface area contributed by atoms with Gasteiger partial charge in [-0.2, -0.15) is 0 Å². The summed E-state index contributed by atoms with van der Waals surface area (Å²) in [4.78, 5) is 23.1. The Morgan fingerprint density at radius 2 is 1.39 bits per heavy atom. The van der Waals surface area contributed by atoms with Gasteiger partial charge in [0.2, 0.25) is 0 Å². The molecule has 0 unspecified atom stereocenters. The average molecular weight is 254 g/mol. The molecule has 6 nitrogen and oxygen atoms in total. The van der Waals surface area contributed by atoms with Crippen LogP contribution in [0.5, 0.6) is 0 Å². The van der Waals surface area contributed by atoms with Crippen LogP contribution in [0, 0.1) is 5.92 Å². The molecule has 0 aromatic carbocycles. The van der Waals surface area contributed by atoms with Crippen molar-refractivity contribution in [3.05, 3.63) is 24.3 Å². The second-order valence-electron chi connectivity index (χ2n) is 3.88. The lowest BCUT2D eigenvalue weighted by Crippen LogP contribution is -2.38. The van der Waals surface area contributed by atoms with Gasteiger partial charge in [0.1, 0.15) is 0 Å². The summed E-state index contributed by atoms with van der Waals surface area (Å²) in [5, 5.41) is 0. The molecular formula is C12H14O6. The summed E-state index contributed by atoms with van der Waals surface area (Å²) in [5.74, 6) is -1.43. The van der Waals surface area contributed by atoms with Gasteiger partial charge in [0.15, 0.2) is 18.5 Å². The first kappa shape index (κ1) is 12.8. The maximum atomic E-state index is 11.5. The molecule has 2 atom stereocenters. The van der Waals surface area contributed by atoms with E-state index in [-0.39, 0.29) is 5.92 Å². The first-order valence-corrected chi connectivity index (χ1v) is 5.49. The number of allylic oxidation sites excluding steroid dienone is 2. The zero-order chi connectivity index (χ0) is 13.1. The molecule has 0 bridgehead atoms. The van der Waals surface area contributed by atoms with Crippen molar-refractivity contribution in [2.75, 3.05) is 14.2 Å². The van der Waals surface area contributed by atoms with E-state index in [2.05, 4.69) is 9.47 Å². The number of hydrogen-bond acceptors (Lipinski definition) is 6. The fourth-order valence-corrected chi connectivity index (χ4v) is 1.87. The first-order chi connectivity index (χ1) is 8.67. The molecule has 2 rings (SSSR count). The number of carbonyl (C=O) groups is 2. The molecule has 1 fully saturated rings. The monoisotopic (exact) mass is 254 g/mol. The number of hydrogen-bond donors (Lipinski definition) is 0. The van der Waals surface area contributed by atoms with Crippen molar-refractivity contribution < 1.29 is 28.5 Å². The Morgan fingerprint density at radius 3 is 1.78 bits per heavy atom. The van der Waals surface area contributed by atoms with E-state index in [1.54, 1.807) is 0 Å². The van der Waals surface area contributed by atoms with Crippen LogP contribution in [0.4, 0.5) is 0 Å². The highest BCUT2D eigenvalue weighted by atomic mass is 16.8. The lowest BCUT2D eigenvalue weighted by Gasteiger charge is -2.13. The van der Waals surface area contributed by atoms with E-state index < -0.39 is 30.4 Å². The quantitative estimate of drug-likeness (QED) is 0.669. The van der Waals surface area contributed by atoms with Gasteiger partial charge < -0.3 is 18.9 Å². The summed E-state index contributed by atoms with van der Waals surface area (Å²) in [7, 11) is 2.45. The summed E-state index contributed by atoms with van der Waals surface area (Å²) in [6.45, 7) is 0. The SMILES string of the molecule is COC(=O)[C@@H]1OC(C2C=CC=C2)O[C@H]1C(=O)OC. The predicted octanol–water partition coefficient (Wildman–Crippen LogP) is 0.185. The van der Waals surface area contributed by atoms with Gasteiger partial charge in [0.25, 0.3) is 0 Å². The minimum Gasteiger partial charge on any atom is -0.467 e. The van der Waals surface area contributed by atoms with Crippen LogP contribution in [0.15, 0.2) is 24.3 Å². The summed E-state index contributed by atoms with van der Waals surface area (Å²) < 4.78 is 20.0. The Balaban J connectivity index is 2.12. The molecule has 2 aliphatic rings. The molecule has 6 heteroatoms. The minimum atomic E-state index is -1.09. The molecule has 1 saturated heterocycles. The van der Waals surface area contributed by atoms with Gasteiger partial charge in [0.05, 0.1) is 14.2 Å². The van der Waals surface area contributed by atoms with Crippen LogP contribution in [0.3, 0.4) is 0 Å². The zero-order valence-corrected chi connectivity index (χ0v) is 10.1. The highest BCUT2D eigenvalue weighted by molar-refractivity contribution is 5.86. The van der Waals surface area contributed by atoms with E-state index in [9.17, 15) is 9.59 Å². The molecule has 0 aromatic rings. The fourth-order valence-electron chi connectivity index (χ4n) is 1.87. The minimum absolute atomic E-state index is 0.119. The molecule has 0 N–H and O–H groups in total. The van der Waals surface area contributed by atoms with E-state index in [1.165, 1.54) is 14.2 Å². The number of ether oxygens (including phenoxy) is 4. The molecule has 0 spiro atoms. The Labute approximate surface area is 104 Å². The van der Waals surface area contributed by atoms with Crippen LogP contribution in [-0.4, -0.2) is 44.7 Å². The molecule has 0 amide bonds. The Kier molecular flexibility index (Phi) is 3.78. The van der Waals surface area contributed by atoms with E-state index in [0.29, 0.717) is 0 Å². The van der Waals surface area contributed by atoms with Crippen LogP contribution in [0.25, 0.3) is 0 Å².